The average Bonchev–Trinajstić information content (AvgIpc) is 3.50. The molecule has 17 nitrogen and oxygen atoms in total. The number of urea groups is 1. The van der Waals surface area contributed by atoms with Crippen molar-refractivity contribution in [2.45, 2.75) is 43.0 Å². The van der Waals surface area contributed by atoms with Crippen LogP contribution in [0.25, 0.3) is 0 Å². The summed E-state index contributed by atoms with van der Waals surface area (Å²) in [6.07, 6.45) is 2.76. The lowest BCUT2D eigenvalue weighted by atomic mass is 10.0. The van der Waals surface area contributed by atoms with Crippen molar-refractivity contribution < 1.29 is 44.1 Å². The van der Waals surface area contributed by atoms with Crippen molar-refractivity contribution in [3.05, 3.63) is 0 Å². The van der Waals surface area contributed by atoms with Crippen molar-refractivity contribution in [3.63, 3.8) is 0 Å². The maximum atomic E-state index is 12.7. The molecule has 4 amide bonds. The summed E-state index contributed by atoms with van der Waals surface area (Å²) in [4.78, 5) is 77.6. The Balaban J connectivity index is 1.42. The summed E-state index contributed by atoms with van der Waals surface area (Å²) >= 11 is 1.83. The van der Waals surface area contributed by atoms with Gasteiger partial charge < -0.3 is 36.6 Å². The molecule has 3 atom stereocenters. The molecule has 3 fully saturated rings. The summed E-state index contributed by atoms with van der Waals surface area (Å²) in [6, 6.07) is 0.189. The van der Waals surface area contributed by atoms with Gasteiger partial charge in [0.25, 0.3) is 0 Å². The lowest BCUT2D eigenvalue weighted by Gasteiger charge is -2.32. The van der Waals surface area contributed by atoms with E-state index in [1.54, 1.807) is 14.7 Å². The fourth-order valence-electron chi connectivity index (χ4n) is 5.65. The Morgan fingerprint density at radius 2 is 1.16 bits per heavy atom. The summed E-state index contributed by atoms with van der Waals surface area (Å²) in [5.74, 6) is -2.71. The predicted octanol–water partition coefficient (Wildman–Crippen LogP) is -2.62. The number of nitrogens with one attached hydrogen (secondary N) is 4. The number of thioether (sulfide) groups is 1. The standard InChI is InChI=1S/C27H46N8O9S/c36-21(4-2-1-3-20-26-19(17-45-20)30-27(44)31-26)28-18-29-22(37)13-32-5-7-33(14-23(38)39)9-11-35(16-25(42)43)12-10-34(8-6-32)15-24(40)41/h19-20,26H,1-18H2,(H,28,36)(H,29,37)(H,38,39)(H,40,41)(H,42,43)(H2,30,31,44)/t19-,20-,26-/m0/s1. The number of unbranched alkanes of at least 4 members (excludes halogenated alkanes) is 1. The minimum absolute atomic E-state index is 0.0323. The first-order valence-electron chi connectivity index (χ1n) is 15.3. The normalized spacial score (nSPS) is 24.0. The lowest BCUT2D eigenvalue weighted by molar-refractivity contribution is -0.140. The molecule has 3 aliphatic heterocycles. The first-order chi connectivity index (χ1) is 21.5. The molecule has 3 saturated heterocycles. The van der Waals surface area contributed by atoms with Gasteiger partial charge in [0.15, 0.2) is 0 Å². The molecule has 0 bridgehead atoms. The van der Waals surface area contributed by atoms with Crippen molar-refractivity contribution >= 4 is 47.5 Å². The summed E-state index contributed by atoms with van der Waals surface area (Å²) in [7, 11) is 0. The molecule has 7 N–H and O–H groups in total. The number of hydrogen-bond acceptors (Lipinski definition) is 11. The first-order valence-corrected chi connectivity index (χ1v) is 16.3. The van der Waals surface area contributed by atoms with Crippen LogP contribution in [0.2, 0.25) is 0 Å². The van der Waals surface area contributed by atoms with Crippen LogP contribution in [-0.2, 0) is 24.0 Å². The minimum atomic E-state index is -1.03. The Kier molecular flexibility index (Phi) is 15.1. The molecule has 0 radical (unpaired) electrons. The number of aliphatic carboxylic acids is 3. The van der Waals surface area contributed by atoms with Crippen molar-refractivity contribution in [2.24, 2.45) is 0 Å². The Hall–Kier alpha value is -3.19. The Labute approximate surface area is 266 Å². The van der Waals surface area contributed by atoms with Crippen LogP contribution in [0.5, 0.6) is 0 Å². The summed E-state index contributed by atoms with van der Waals surface area (Å²) in [6.45, 7) is 1.62. The Morgan fingerprint density at radius 1 is 0.689 bits per heavy atom. The fraction of sp³-hybridized carbons (Fsp3) is 0.778. The van der Waals surface area contributed by atoms with Crippen LogP contribution in [0.1, 0.15) is 25.7 Å². The zero-order chi connectivity index (χ0) is 32.8. The van der Waals surface area contributed by atoms with E-state index < -0.39 is 17.9 Å². The van der Waals surface area contributed by atoms with Gasteiger partial charge in [0.1, 0.15) is 0 Å². The number of hydrogen-bond donors (Lipinski definition) is 7. The van der Waals surface area contributed by atoms with Crippen molar-refractivity contribution in [1.82, 2.24) is 40.9 Å². The van der Waals surface area contributed by atoms with E-state index in [9.17, 15) is 44.1 Å². The number of carboxylic acids is 3. The summed E-state index contributed by atoms with van der Waals surface area (Å²) in [5.41, 5.74) is 0. The molecule has 0 aliphatic carbocycles. The number of carbonyl (C=O) groups is 6. The highest BCUT2D eigenvalue weighted by atomic mass is 32.2. The number of carboxylic acid groups (broad SMARTS) is 3. The van der Waals surface area contributed by atoms with Gasteiger partial charge >= 0.3 is 23.9 Å². The van der Waals surface area contributed by atoms with E-state index in [1.165, 1.54) is 0 Å². The summed E-state index contributed by atoms with van der Waals surface area (Å²) in [5, 5.41) is 39.6. The van der Waals surface area contributed by atoms with Gasteiger partial charge in [0.05, 0.1) is 44.9 Å². The fourth-order valence-corrected chi connectivity index (χ4v) is 7.19. The molecule has 0 saturated carbocycles. The molecule has 0 aromatic rings. The van der Waals surface area contributed by atoms with Crippen LogP contribution in [0.15, 0.2) is 0 Å². The molecular formula is C27H46N8O9S. The quantitative estimate of drug-likeness (QED) is 0.0544. The van der Waals surface area contributed by atoms with Crippen molar-refractivity contribution in [1.29, 1.82) is 0 Å². The van der Waals surface area contributed by atoms with E-state index in [0.717, 1.165) is 18.6 Å². The molecule has 3 rings (SSSR count). The molecule has 254 valence electrons. The highest BCUT2D eigenvalue weighted by molar-refractivity contribution is 8.00. The van der Waals surface area contributed by atoms with Crippen LogP contribution in [0, 0.1) is 0 Å². The maximum Gasteiger partial charge on any atom is 0.317 e. The Morgan fingerprint density at radius 3 is 1.64 bits per heavy atom. The highest BCUT2D eigenvalue weighted by Gasteiger charge is 2.42. The third-order valence-electron chi connectivity index (χ3n) is 8.03. The van der Waals surface area contributed by atoms with Crippen LogP contribution in [0.3, 0.4) is 0 Å². The second kappa shape index (κ2) is 18.7. The molecule has 0 spiro atoms. The predicted molar refractivity (Wildman–Crippen MR) is 164 cm³/mol. The molecule has 0 aromatic carbocycles. The number of carbonyl (C=O) groups excluding carboxylic acids is 3. The van der Waals surface area contributed by atoms with Gasteiger partial charge in [-0.2, -0.15) is 11.8 Å². The third-order valence-corrected chi connectivity index (χ3v) is 9.53. The van der Waals surface area contributed by atoms with Gasteiger partial charge in [0, 0.05) is 69.8 Å². The number of nitrogens with zero attached hydrogens (tertiary/aromatic N) is 4. The smallest absolute Gasteiger partial charge is 0.317 e. The van der Waals surface area contributed by atoms with Crippen LogP contribution < -0.4 is 21.3 Å². The molecule has 18 heteroatoms. The zero-order valence-corrected chi connectivity index (χ0v) is 26.3. The van der Waals surface area contributed by atoms with Gasteiger partial charge in [-0.15, -0.1) is 0 Å². The van der Waals surface area contributed by atoms with E-state index in [0.29, 0.717) is 57.4 Å². The van der Waals surface area contributed by atoms with E-state index in [4.69, 9.17) is 0 Å². The minimum Gasteiger partial charge on any atom is -0.480 e. The molecule has 0 unspecified atom stereocenters. The van der Waals surface area contributed by atoms with Gasteiger partial charge in [-0.25, -0.2) is 4.79 Å². The zero-order valence-electron chi connectivity index (χ0n) is 25.4. The molecule has 45 heavy (non-hydrogen) atoms. The largest absolute Gasteiger partial charge is 0.480 e. The highest BCUT2D eigenvalue weighted by Crippen LogP contribution is 2.33. The SMILES string of the molecule is O=C(O)CN1CCN(CC(=O)O)CCN(CC(=O)NCNC(=O)CCCC[C@@H]2SC[C@@H]3NC(=O)N[C@@H]32)CCN(CC(=O)O)CC1. The number of fused-ring (bicyclic) bond motifs is 1. The van der Waals surface area contributed by atoms with Crippen LogP contribution in [-0.4, -0.2) is 179 Å². The average molecular weight is 659 g/mol. The van der Waals surface area contributed by atoms with E-state index in [1.807, 2.05) is 16.7 Å². The van der Waals surface area contributed by atoms with Gasteiger partial charge in [0.2, 0.25) is 11.8 Å². The lowest BCUT2D eigenvalue weighted by Crippen LogP contribution is -2.50. The third kappa shape index (κ3) is 13.8. The summed E-state index contributed by atoms with van der Waals surface area (Å²) < 4.78 is 0. The molecule has 3 heterocycles. The van der Waals surface area contributed by atoms with E-state index in [-0.39, 0.29) is 75.9 Å². The monoisotopic (exact) mass is 658 g/mol. The second-order valence-electron chi connectivity index (χ2n) is 11.5. The van der Waals surface area contributed by atoms with Crippen molar-refractivity contribution in [2.75, 3.05) is 91.0 Å². The van der Waals surface area contributed by atoms with Crippen LogP contribution >= 0.6 is 11.8 Å². The van der Waals surface area contributed by atoms with Gasteiger partial charge in [-0.3, -0.25) is 43.6 Å². The van der Waals surface area contributed by atoms with Gasteiger partial charge in [-0.1, -0.05) is 6.42 Å². The van der Waals surface area contributed by atoms with Crippen LogP contribution in [0.4, 0.5) is 4.79 Å². The Bertz CT molecular complexity index is 1020. The van der Waals surface area contributed by atoms with Crippen molar-refractivity contribution in [3.8, 4) is 0 Å². The van der Waals surface area contributed by atoms with Gasteiger partial charge in [-0.05, 0) is 12.8 Å². The molecule has 3 aliphatic rings. The van der Waals surface area contributed by atoms with E-state index in [2.05, 4.69) is 21.3 Å². The topological polar surface area (TPSA) is 224 Å². The number of amides is 4. The first kappa shape index (κ1) is 36.3. The molecular weight excluding hydrogens is 612 g/mol. The second-order valence-corrected chi connectivity index (χ2v) is 12.8. The maximum absolute atomic E-state index is 12.7. The number of rotatable bonds is 15. The molecule has 0 aromatic heterocycles. The van der Waals surface area contributed by atoms with E-state index >= 15 is 0 Å².